The van der Waals surface area contributed by atoms with Crippen molar-refractivity contribution in [2.24, 2.45) is 0 Å². The topological polar surface area (TPSA) is 105 Å². The number of nitrogens with one attached hydrogen (secondary N) is 2. The standard InChI is InChI=1S/C27H23ClN2O5/c1-16(25(31)30-24-11-10-17(26(32)33)14-23(24)28)12-13-29-27(34)35-15-22-20-8-4-2-6-18(20)19-7-3-5-9-21(19)22/h2-12,14,22H,13,15H2,1H3,(H,29,34)(H,30,31)(H,32,33)/b16-12+. The Morgan fingerprint density at radius 1 is 1.00 bits per heavy atom. The van der Waals surface area contributed by atoms with Gasteiger partial charge in [0, 0.05) is 18.0 Å². The van der Waals surface area contributed by atoms with Crippen LogP contribution in [0.1, 0.15) is 34.3 Å². The van der Waals surface area contributed by atoms with Gasteiger partial charge in [0.25, 0.3) is 5.91 Å². The smallest absolute Gasteiger partial charge is 0.407 e. The van der Waals surface area contributed by atoms with Crippen LogP contribution in [0.5, 0.6) is 0 Å². The number of carboxylic acid groups (broad SMARTS) is 1. The van der Waals surface area contributed by atoms with E-state index in [1.165, 1.54) is 18.2 Å². The maximum Gasteiger partial charge on any atom is 0.407 e. The fourth-order valence-electron chi connectivity index (χ4n) is 4.00. The minimum atomic E-state index is -1.11. The van der Waals surface area contributed by atoms with Crippen molar-refractivity contribution in [2.45, 2.75) is 12.8 Å². The quantitative estimate of drug-likeness (QED) is 0.381. The summed E-state index contributed by atoms with van der Waals surface area (Å²) >= 11 is 6.05. The summed E-state index contributed by atoms with van der Waals surface area (Å²) in [5.41, 5.74) is 5.22. The average molecular weight is 491 g/mol. The number of carbonyl (C=O) groups excluding carboxylic acids is 2. The van der Waals surface area contributed by atoms with Gasteiger partial charge in [0.05, 0.1) is 16.3 Å². The van der Waals surface area contributed by atoms with Crippen LogP contribution in [0.15, 0.2) is 78.4 Å². The van der Waals surface area contributed by atoms with Gasteiger partial charge >= 0.3 is 12.1 Å². The van der Waals surface area contributed by atoms with Crippen molar-refractivity contribution in [2.75, 3.05) is 18.5 Å². The molecule has 8 heteroatoms. The molecule has 0 fully saturated rings. The Morgan fingerprint density at radius 3 is 2.23 bits per heavy atom. The minimum absolute atomic E-state index is 0.0209. The average Bonchev–Trinajstić information content (AvgIpc) is 3.17. The molecule has 0 spiro atoms. The number of ether oxygens (including phenoxy) is 1. The van der Waals surface area contributed by atoms with Crippen LogP contribution in [0.3, 0.4) is 0 Å². The first-order chi connectivity index (χ1) is 16.8. The molecule has 0 heterocycles. The van der Waals surface area contributed by atoms with E-state index in [2.05, 4.69) is 22.8 Å². The number of carboxylic acids is 1. The van der Waals surface area contributed by atoms with Crippen molar-refractivity contribution in [3.63, 3.8) is 0 Å². The number of alkyl carbamates (subject to hydrolysis) is 1. The second kappa shape index (κ2) is 10.4. The number of benzene rings is 3. The van der Waals surface area contributed by atoms with Gasteiger partial charge in [0.1, 0.15) is 6.61 Å². The van der Waals surface area contributed by atoms with E-state index >= 15 is 0 Å². The highest BCUT2D eigenvalue weighted by Crippen LogP contribution is 2.44. The van der Waals surface area contributed by atoms with Crippen molar-refractivity contribution < 1.29 is 24.2 Å². The summed E-state index contributed by atoms with van der Waals surface area (Å²) in [6.45, 7) is 1.89. The molecule has 0 atom stereocenters. The molecular weight excluding hydrogens is 468 g/mol. The maximum absolute atomic E-state index is 12.4. The van der Waals surface area contributed by atoms with E-state index in [9.17, 15) is 14.4 Å². The fourth-order valence-corrected chi connectivity index (χ4v) is 4.23. The first-order valence-electron chi connectivity index (χ1n) is 10.9. The third-order valence-electron chi connectivity index (χ3n) is 5.82. The molecule has 35 heavy (non-hydrogen) atoms. The zero-order chi connectivity index (χ0) is 24.9. The lowest BCUT2D eigenvalue weighted by atomic mass is 9.98. The van der Waals surface area contributed by atoms with Crippen LogP contribution in [0.2, 0.25) is 5.02 Å². The van der Waals surface area contributed by atoms with Crippen molar-refractivity contribution in [1.82, 2.24) is 5.32 Å². The van der Waals surface area contributed by atoms with Crippen molar-refractivity contribution in [1.29, 1.82) is 0 Å². The zero-order valence-electron chi connectivity index (χ0n) is 18.9. The molecule has 3 aromatic carbocycles. The Balaban J connectivity index is 1.29. The van der Waals surface area contributed by atoms with Crippen molar-refractivity contribution >= 4 is 35.3 Å². The monoisotopic (exact) mass is 490 g/mol. The van der Waals surface area contributed by atoms with Gasteiger partial charge in [-0.3, -0.25) is 4.79 Å². The van der Waals surface area contributed by atoms with Crippen LogP contribution < -0.4 is 10.6 Å². The maximum atomic E-state index is 12.4. The van der Waals surface area contributed by atoms with Crippen LogP contribution in [0.4, 0.5) is 10.5 Å². The second-order valence-corrected chi connectivity index (χ2v) is 8.45. The first kappa shape index (κ1) is 24.0. The number of carbonyl (C=O) groups is 3. The Bertz CT molecular complexity index is 1290. The molecule has 0 radical (unpaired) electrons. The Kier molecular flexibility index (Phi) is 7.17. The molecule has 3 N–H and O–H groups in total. The number of anilines is 1. The van der Waals surface area contributed by atoms with Gasteiger partial charge in [0.2, 0.25) is 0 Å². The van der Waals surface area contributed by atoms with Gasteiger partial charge in [-0.15, -0.1) is 0 Å². The predicted octanol–water partition coefficient (Wildman–Crippen LogP) is 5.46. The highest BCUT2D eigenvalue weighted by molar-refractivity contribution is 6.34. The zero-order valence-corrected chi connectivity index (χ0v) is 19.6. The van der Waals surface area contributed by atoms with E-state index in [0.717, 1.165) is 22.3 Å². The first-order valence-corrected chi connectivity index (χ1v) is 11.3. The summed E-state index contributed by atoms with van der Waals surface area (Å²) in [6.07, 6.45) is 0.972. The Labute approximate surface area is 207 Å². The van der Waals surface area contributed by atoms with Gasteiger partial charge in [0.15, 0.2) is 0 Å². The van der Waals surface area contributed by atoms with Gasteiger partial charge in [-0.2, -0.15) is 0 Å². The number of amides is 2. The molecule has 4 rings (SSSR count). The van der Waals surface area contributed by atoms with E-state index in [1.807, 2.05) is 36.4 Å². The molecule has 0 saturated carbocycles. The Morgan fingerprint density at radius 2 is 1.63 bits per heavy atom. The number of fused-ring (bicyclic) bond motifs is 3. The van der Waals surface area contributed by atoms with Crippen molar-refractivity contribution in [3.8, 4) is 11.1 Å². The number of aromatic carboxylic acids is 1. The number of hydrogen-bond acceptors (Lipinski definition) is 4. The molecule has 7 nitrogen and oxygen atoms in total. The van der Waals surface area contributed by atoms with E-state index in [4.69, 9.17) is 21.4 Å². The van der Waals surface area contributed by atoms with Gasteiger partial charge in [-0.1, -0.05) is 66.2 Å². The number of hydrogen-bond donors (Lipinski definition) is 3. The largest absolute Gasteiger partial charge is 0.478 e. The number of halogens is 1. The minimum Gasteiger partial charge on any atom is -0.478 e. The molecule has 0 aliphatic heterocycles. The molecule has 3 aromatic rings. The van der Waals surface area contributed by atoms with Crippen molar-refractivity contribution in [3.05, 3.63) is 100 Å². The summed E-state index contributed by atoms with van der Waals surface area (Å²) in [6, 6.07) is 20.2. The van der Waals surface area contributed by atoms with Crippen LogP contribution >= 0.6 is 11.6 Å². The van der Waals surface area contributed by atoms with E-state index in [-0.39, 0.29) is 29.7 Å². The summed E-state index contributed by atoms with van der Waals surface area (Å²) in [5.74, 6) is -1.57. The summed E-state index contributed by atoms with van der Waals surface area (Å²) in [4.78, 5) is 35.7. The Hall–Kier alpha value is -4.10. The molecule has 0 unspecified atom stereocenters. The summed E-state index contributed by atoms with van der Waals surface area (Å²) in [5, 5.41) is 14.4. The highest BCUT2D eigenvalue weighted by atomic mass is 35.5. The van der Waals surface area contributed by atoms with Crippen LogP contribution in [-0.4, -0.2) is 36.2 Å². The van der Waals surface area contributed by atoms with E-state index < -0.39 is 18.0 Å². The lowest BCUT2D eigenvalue weighted by Gasteiger charge is -2.14. The van der Waals surface area contributed by atoms with Gasteiger partial charge in [-0.25, -0.2) is 9.59 Å². The summed E-state index contributed by atoms with van der Waals surface area (Å²) in [7, 11) is 0. The fraction of sp³-hybridized carbons (Fsp3) is 0.148. The third kappa shape index (κ3) is 5.36. The molecule has 1 aliphatic rings. The molecule has 1 aliphatic carbocycles. The molecule has 2 amide bonds. The van der Waals surface area contributed by atoms with Crippen LogP contribution in [-0.2, 0) is 9.53 Å². The van der Waals surface area contributed by atoms with Gasteiger partial charge in [-0.05, 0) is 47.4 Å². The lowest BCUT2D eigenvalue weighted by molar-refractivity contribution is -0.112. The van der Waals surface area contributed by atoms with Gasteiger partial charge < -0.3 is 20.5 Å². The van der Waals surface area contributed by atoms with Crippen LogP contribution in [0.25, 0.3) is 11.1 Å². The normalized spacial score (nSPS) is 12.5. The van der Waals surface area contributed by atoms with E-state index in [1.54, 1.807) is 13.0 Å². The lowest BCUT2D eigenvalue weighted by Crippen LogP contribution is -2.26. The van der Waals surface area contributed by atoms with Crippen LogP contribution in [0, 0.1) is 0 Å². The molecule has 178 valence electrons. The molecule has 0 aromatic heterocycles. The summed E-state index contributed by atoms with van der Waals surface area (Å²) < 4.78 is 5.48. The SMILES string of the molecule is C/C(=C\CNC(=O)OCC1c2ccccc2-c2ccccc21)C(=O)Nc1ccc(C(=O)O)cc1Cl. The predicted molar refractivity (Wildman–Crippen MR) is 134 cm³/mol. The molecular formula is C27H23ClN2O5. The molecule has 0 saturated heterocycles. The van der Waals surface area contributed by atoms with E-state index in [0.29, 0.717) is 11.3 Å². The molecule has 0 bridgehead atoms. The second-order valence-electron chi connectivity index (χ2n) is 8.05. The third-order valence-corrected chi connectivity index (χ3v) is 6.13. The highest BCUT2D eigenvalue weighted by Gasteiger charge is 2.28. The number of rotatable bonds is 7.